The summed E-state index contributed by atoms with van der Waals surface area (Å²) in [5.74, 6) is 0.332. The number of aliphatic hydroxyl groups is 1. The summed E-state index contributed by atoms with van der Waals surface area (Å²) in [4.78, 5) is 15.0. The molecule has 0 atom stereocenters. The molecule has 0 spiro atoms. The Kier molecular flexibility index (Phi) is 6.17. The number of benzene rings is 1. The van der Waals surface area contributed by atoms with Gasteiger partial charge in [-0.3, -0.25) is 0 Å². The van der Waals surface area contributed by atoms with Crippen LogP contribution in [0.15, 0.2) is 36.5 Å². The zero-order valence-electron chi connectivity index (χ0n) is 18.0. The van der Waals surface area contributed by atoms with Crippen molar-refractivity contribution in [2.75, 3.05) is 18.4 Å². The highest BCUT2D eigenvalue weighted by Crippen LogP contribution is 2.42. The van der Waals surface area contributed by atoms with Crippen molar-refractivity contribution < 1.29 is 9.50 Å². The summed E-state index contributed by atoms with van der Waals surface area (Å²) in [6, 6.07) is 8.62. The fourth-order valence-corrected chi connectivity index (χ4v) is 5.74. The number of nitrogens with zero attached hydrogens (tertiary/aromatic N) is 3. The molecule has 3 heterocycles. The maximum atomic E-state index is 13.6. The number of hydrogen-bond donors (Lipinski definition) is 3. The van der Waals surface area contributed by atoms with Crippen molar-refractivity contribution in [3.63, 3.8) is 0 Å². The molecule has 1 saturated heterocycles. The van der Waals surface area contributed by atoms with Crippen molar-refractivity contribution in [1.82, 2.24) is 20.3 Å². The van der Waals surface area contributed by atoms with Gasteiger partial charge >= 0.3 is 0 Å². The summed E-state index contributed by atoms with van der Waals surface area (Å²) in [7, 11) is 0. The monoisotopic (exact) mass is 453 g/mol. The topological polar surface area (TPSA) is 83.0 Å². The highest BCUT2D eigenvalue weighted by Gasteiger charge is 2.35. The van der Waals surface area contributed by atoms with Crippen molar-refractivity contribution in [2.24, 2.45) is 0 Å². The second-order valence-corrected chi connectivity index (χ2v) is 9.73. The summed E-state index contributed by atoms with van der Waals surface area (Å²) < 4.78 is 13.6. The number of piperidine rings is 1. The van der Waals surface area contributed by atoms with E-state index in [9.17, 15) is 9.50 Å². The average Bonchev–Trinajstić information content (AvgIpc) is 3.28. The van der Waals surface area contributed by atoms with E-state index in [1.807, 2.05) is 6.07 Å². The van der Waals surface area contributed by atoms with E-state index < -0.39 is 5.60 Å². The molecule has 0 unspecified atom stereocenters. The predicted octanol–water partition coefficient (Wildman–Crippen LogP) is 4.72. The van der Waals surface area contributed by atoms with E-state index in [1.54, 1.807) is 18.3 Å². The van der Waals surface area contributed by atoms with Crippen molar-refractivity contribution in [3.8, 4) is 21.8 Å². The molecule has 1 saturated carbocycles. The average molecular weight is 454 g/mol. The maximum Gasteiger partial charge on any atom is 0.223 e. The van der Waals surface area contributed by atoms with Crippen LogP contribution < -0.4 is 10.6 Å². The molecule has 2 aromatic heterocycles. The number of rotatable bonds is 5. The van der Waals surface area contributed by atoms with Crippen molar-refractivity contribution >= 4 is 17.3 Å². The maximum absolute atomic E-state index is 13.6. The summed E-state index contributed by atoms with van der Waals surface area (Å²) in [5.41, 5.74) is 1.33. The zero-order chi connectivity index (χ0) is 22.0. The summed E-state index contributed by atoms with van der Waals surface area (Å²) in [5, 5.41) is 18.8. The Morgan fingerprint density at radius 2 is 1.78 bits per heavy atom. The van der Waals surface area contributed by atoms with E-state index in [1.165, 1.54) is 42.7 Å². The molecule has 3 N–H and O–H groups in total. The van der Waals surface area contributed by atoms with Gasteiger partial charge in [0.2, 0.25) is 5.95 Å². The van der Waals surface area contributed by atoms with Gasteiger partial charge in [-0.1, -0.05) is 19.3 Å². The van der Waals surface area contributed by atoms with Crippen LogP contribution in [0.5, 0.6) is 0 Å². The second-order valence-electron chi connectivity index (χ2n) is 8.73. The first-order valence-corrected chi connectivity index (χ1v) is 12.2. The van der Waals surface area contributed by atoms with Crippen LogP contribution in [0.25, 0.3) is 21.8 Å². The van der Waals surface area contributed by atoms with Gasteiger partial charge in [-0.2, -0.15) is 0 Å². The lowest BCUT2D eigenvalue weighted by atomic mass is 9.93. The predicted molar refractivity (Wildman–Crippen MR) is 125 cm³/mol. The largest absolute Gasteiger partial charge is 0.383 e. The van der Waals surface area contributed by atoms with Crippen LogP contribution in [0, 0.1) is 5.82 Å². The molecular weight excluding hydrogens is 425 g/mol. The molecule has 32 heavy (non-hydrogen) atoms. The van der Waals surface area contributed by atoms with Gasteiger partial charge < -0.3 is 15.7 Å². The first-order valence-electron chi connectivity index (χ1n) is 11.4. The molecule has 2 aliphatic rings. The van der Waals surface area contributed by atoms with E-state index in [0.29, 0.717) is 29.8 Å². The molecule has 168 valence electrons. The molecule has 0 radical (unpaired) electrons. The first-order chi connectivity index (χ1) is 15.6. The van der Waals surface area contributed by atoms with Crippen LogP contribution in [-0.2, 0) is 5.60 Å². The number of nitrogens with one attached hydrogen (secondary N) is 2. The van der Waals surface area contributed by atoms with Gasteiger partial charge in [0, 0.05) is 17.8 Å². The molecule has 2 fully saturated rings. The smallest absolute Gasteiger partial charge is 0.223 e. The highest BCUT2D eigenvalue weighted by atomic mass is 32.1. The molecule has 0 amide bonds. The summed E-state index contributed by atoms with van der Waals surface area (Å²) in [6.07, 6.45) is 9.03. The number of aromatic nitrogens is 3. The number of halogens is 1. The molecule has 1 aliphatic heterocycles. The standard InChI is InChI=1S/C24H28FN5OS/c25-17-8-6-16(7-9-17)20-21(32-22(30-20)24(31)11-14-26-15-12-24)19-10-13-27-23(29-19)28-18-4-2-1-3-5-18/h6-10,13,18,26,31H,1-5,11-12,14-15H2,(H,27,28,29). The normalized spacial score (nSPS) is 19.1. The van der Waals surface area contributed by atoms with E-state index in [4.69, 9.17) is 9.97 Å². The number of anilines is 1. The quantitative estimate of drug-likeness (QED) is 0.518. The SMILES string of the molecule is OC1(c2nc(-c3ccc(F)cc3)c(-c3ccnc(NC4CCCCC4)n3)s2)CCNCC1. The minimum absolute atomic E-state index is 0.288. The van der Waals surface area contributed by atoms with E-state index in [-0.39, 0.29) is 5.82 Å². The van der Waals surface area contributed by atoms with Crippen LogP contribution >= 0.6 is 11.3 Å². The molecule has 5 rings (SSSR count). The Labute approximate surface area is 191 Å². The van der Waals surface area contributed by atoms with Crippen molar-refractivity contribution in [1.29, 1.82) is 0 Å². The second kappa shape index (κ2) is 9.21. The Hall–Kier alpha value is -2.42. The van der Waals surface area contributed by atoms with Crippen LogP contribution in [-0.4, -0.2) is 39.2 Å². The Bertz CT molecular complexity index is 1060. The molecule has 0 bridgehead atoms. The van der Waals surface area contributed by atoms with E-state index in [2.05, 4.69) is 15.6 Å². The van der Waals surface area contributed by atoms with Gasteiger partial charge in [-0.05, 0) is 69.1 Å². The fourth-order valence-electron chi connectivity index (χ4n) is 4.53. The van der Waals surface area contributed by atoms with E-state index >= 15 is 0 Å². The molecule has 3 aromatic rings. The third-order valence-electron chi connectivity index (χ3n) is 6.40. The lowest BCUT2D eigenvalue weighted by Crippen LogP contribution is -2.39. The van der Waals surface area contributed by atoms with Gasteiger partial charge in [0.25, 0.3) is 0 Å². The minimum atomic E-state index is -0.959. The zero-order valence-corrected chi connectivity index (χ0v) is 18.8. The van der Waals surface area contributed by atoms with Crippen molar-refractivity contribution in [2.45, 2.75) is 56.6 Å². The minimum Gasteiger partial charge on any atom is -0.383 e. The molecular formula is C24H28FN5OS. The number of thiazole rings is 1. The summed E-state index contributed by atoms with van der Waals surface area (Å²) >= 11 is 1.47. The van der Waals surface area contributed by atoms with E-state index in [0.717, 1.165) is 47.8 Å². The molecule has 8 heteroatoms. The van der Waals surface area contributed by atoms with Gasteiger partial charge in [-0.25, -0.2) is 19.3 Å². The van der Waals surface area contributed by atoms with Crippen molar-refractivity contribution in [3.05, 3.63) is 47.4 Å². The van der Waals surface area contributed by atoms with Crippen LogP contribution in [0.4, 0.5) is 10.3 Å². The van der Waals surface area contributed by atoms with Gasteiger partial charge in [0.1, 0.15) is 16.4 Å². The third kappa shape index (κ3) is 4.53. The highest BCUT2D eigenvalue weighted by molar-refractivity contribution is 7.15. The van der Waals surface area contributed by atoms with Gasteiger partial charge in [0.15, 0.2) is 0 Å². The Balaban J connectivity index is 1.53. The molecule has 6 nitrogen and oxygen atoms in total. The fraction of sp³-hybridized carbons (Fsp3) is 0.458. The van der Waals surface area contributed by atoms with Gasteiger partial charge in [0.05, 0.1) is 16.3 Å². The Morgan fingerprint density at radius 1 is 1.03 bits per heavy atom. The first kappa shape index (κ1) is 21.4. The third-order valence-corrected chi connectivity index (χ3v) is 7.67. The van der Waals surface area contributed by atoms with Crippen LogP contribution in [0.1, 0.15) is 50.0 Å². The Morgan fingerprint density at radius 3 is 2.53 bits per heavy atom. The van der Waals surface area contributed by atoms with Gasteiger partial charge in [-0.15, -0.1) is 11.3 Å². The number of hydrogen-bond acceptors (Lipinski definition) is 7. The molecule has 1 aliphatic carbocycles. The van der Waals surface area contributed by atoms with Crippen LogP contribution in [0.3, 0.4) is 0 Å². The molecule has 1 aromatic carbocycles. The lowest BCUT2D eigenvalue weighted by molar-refractivity contribution is 0.00582. The van der Waals surface area contributed by atoms with Crippen LogP contribution in [0.2, 0.25) is 0 Å². The lowest BCUT2D eigenvalue weighted by Gasteiger charge is -2.30. The summed E-state index contributed by atoms with van der Waals surface area (Å²) in [6.45, 7) is 1.50.